The highest BCUT2D eigenvalue weighted by Gasteiger charge is 2.01. The summed E-state index contributed by atoms with van der Waals surface area (Å²) in [5, 5.41) is 3.53. The van der Waals surface area contributed by atoms with E-state index in [1.54, 1.807) is 13.0 Å². The first-order valence-electron chi connectivity index (χ1n) is 4.63. The average molecular weight is 197 g/mol. The Hall–Kier alpha value is -1.48. The van der Waals surface area contributed by atoms with Crippen molar-refractivity contribution < 1.29 is 9.53 Å². The number of ether oxygens (including phenoxy) is 1. The predicted molar refractivity (Wildman–Crippen MR) is 53.6 cm³/mol. The smallest absolute Gasteiger partial charge is 0.330 e. The van der Waals surface area contributed by atoms with Crippen molar-refractivity contribution >= 4 is 5.97 Å². The molecule has 0 spiro atoms. The number of hydrogen-bond donors (Lipinski definition) is 0. The molecular weight excluding hydrogens is 182 g/mol. The Morgan fingerprint density at radius 1 is 1.64 bits per heavy atom. The van der Waals surface area contributed by atoms with Crippen molar-refractivity contribution in [2.24, 2.45) is 5.11 Å². The van der Waals surface area contributed by atoms with Crippen LogP contribution in [0.1, 0.15) is 26.7 Å². The maximum Gasteiger partial charge on any atom is 0.330 e. The number of nitrogens with zero attached hydrogens (tertiary/aromatic N) is 3. The van der Waals surface area contributed by atoms with Gasteiger partial charge in [-0.3, -0.25) is 0 Å². The fourth-order valence-corrected chi connectivity index (χ4v) is 0.935. The lowest BCUT2D eigenvalue weighted by Gasteiger charge is -2.01. The van der Waals surface area contributed by atoms with Crippen LogP contribution in [0, 0.1) is 0 Å². The Balaban J connectivity index is 4.13. The van der Waals surface area contributed by atoms with Crippen LogP contribution in [0.2, 0.25) is 0 Å². The summed E-state index contributed by atoms with van der Waals surface area (Å²) in [5.41, 5.74) is 8.24. The highest BCUT2D eigenvalue weighted by Crippen LogP contribution is 2.03. The van der Waals surface area contributed by atoms with Crippen LogP contribution in [0.25, 0.3) is 10.4 Å². The standard InChI is InChI=1S/C9H15N3O2/c1-3-5-8(11-12-10)6-7-9(13)14-4-2/h6-8H,3-5H2,1-2H3/b7-6+/t8-/m1/s1. The predicted octanol–water partition coefficient (Wildman–Crippen LogP) is 2.58. The molecule has 0 saturated heterocycles. The summed E-state index contributed by atoms with van der Waals surface area (Å²) in [7, 11) is 0. The molecule has 0 fully saturated rings. The number of carbonyl (C=O) groups excluding carboxylic acids is 1. The van der Waals surface area contributed by atoms with Crippen molar-refractivity contribution in [3.8, 4) is 0 Å². The van der Waals surface area contributed by atoms with Crippen molar-refractivity contribution in [1.82, 2.24) is 0 Å². The largest absolute Gasteiger partial charge is 0.463 e. The Kier molecular flexibility index (Phi) is 7.27. The van der Waals surface area contributed by atoms with Gasteiger partial charge in [-0.05, 0) is 18.9 Å². The maximum atomic E-state index is 10.9. The third kappa shape index (κ3) is 6.08. The Labute approximate surface area is 83.4 Å². The zero-order valence-corrected chi connectivity index (χ0v) is 8.51. The van der Waals surface area contributed by atoms with Crippen LogP contribution in [0.15, 0.2) is 17.3 Å². The summed E-state index contributed by atoms with van der Waals surface area (Å²) >= 11 is 0. The molecule has 78 valence electrons. The molecule has 5 heteroatoms. The third-order valence-electron chi connectivity index (χ3n) is 1.53. The van der Waals surface area contributed by atoms with Crippen LogP contribution >= 0.6 is 0 Å². The van der Waals surface area contributed by atoms with E-state index in [1.807, 2.05) is 6.92 Å². The van der Waals surface area contributed by atoms with Crippen LogP contribution in [-0.2, 0) is 9.53 Å². The molecule has 14 heavy (non-hydrogen) atoms. The van der Waals surface area contributed by atoms with E-state index in [-0.39, 0.29) is 6.04 Å². The van der Waals surface area contributed by atoms with E-state index in [1.165, 1.54) is 6.08 Å². The normalized spacial score (nSPS) is 12.1. The van der Waals surface area contributed by atoms with Crippen molar-refractivity contribution in [3.05, 3.63) is 22.6 Å². The molecule has 0 aromatic rings. The minimum Gasteiger partial charge on any atom is -0.463 e. The number of carbonyl (C=O) groups is 1. The molecule has 0 aliphatic heterocycles. The fraction of sp³-hybridized carbons (Fsp3) is 0.667. The second-order valence-corrected chi connectivity index (χ2v) is 2.67. The van der Waals surface area contributed by atoms with Gasteiger partial charge in [-0.25, -0.2) is 4.79 Å². The maximum absolute atomic E-state index is 10.9. The van der Waals surface area contributed by atoms with Gasteiger partial charge < -0.3 is 4.74 Å². The molecule has 0 aliphatic carbocycles. The number of hydrogen-bond acceptors (Lipinski definition) is 3. The van der Waals surface area contributed by atoms with E-state index < -0.39 is 5.97 Å². The first kappa shape index (κ1) is 12.5. The summed E-state index contributed by atoms with van der Waals surface area (Å²) < 4.78 is 4.69. The summed E-state index contributed by atoms with van der Waals surface area (Å²) in [6, 6.07) is -0.255. The zero-order chi connectivity index (χ0) is 10.8. The molecule has 0 amide bonds. The zero-order valence-electron chi connectivity index (χ0n) is 8.51. The number of esters is 1. The SMILES string of the molecule is CCC[C@H](/C=C/C(=O)OCC)N=[N+]=[N-]. The second-order valence-electron chi connectivity index (χ2n) is 2.67. The van der Waals surface area contributed by atoms with Gasteiger partial charge in [0.05, 0.1) is 12.6 Å². The molecular formula is C9H15N3O2. The molecule has 0 aromatic heterocycles. The molecule has 0 N–H and O–H groups in total. The topological polar surface area (TPSA) is 75.1 Å². The van der Waals surface area contributed by atoms with Gasteiger partial charge in [0.2, 0.25) is 0 Å². The second kappa shape index (κ2) is 8.13. The molecule has 0 saturated carbocycles. The molecule has 5 nitrogen and oxygen atoms in total. The van der Waals surface area contributed by atoms with Crippen LogP contribution in [0.4, 0.5) is 0 Å². The molecule has 0 aromatic carbocycles. The van der Waals surface area contributed by atoms with Gasteiger partial charge in [-0.2, -0.15) is 0 Å². The average Bonchev–Trinajstić information content (AvgIpc) is 2.15. The van der Waals surface area contributed by atoms with Crippen LogP contribution in [0.3, 0.4) is 0 Å². The minimum atomic E-state index is -0.401. The molecule has 0 rings (SSSR count). The van der Waals surface area contributed by atoms with Gasteiger partial charge in [-0.15, -0.1) is 0 Å². The number of azide groups is 1. The summed E-state index contributed by atoms with van der Waals surface area (Å²) in [6.45, 7) is 4.07. The summed E-state index contributed by atoms with van der Waals surface area (Å²) in [4.78, 5) is 13.6. The molecule has 0 bridgehead atoms. The quantitative estimate of drug-likeness (QED) is 0.216. The van der Waals surface area contributed by atoms with E-state index in [2.05, 4.69) is 14.8 Å². The summed E-state index contributed by atoms with van der Waals surface area (Å²) in [5.74, 6) is -0.401. The number of rotatable bonds is 6. The van der Waals surface area contributed by atoms with E-state index in [0.717, 1.165) is 12.8 Å². The fourth-order valence-electron chi connectivity index (χ4n) is 0.935. The Morgan fingerprint density at radius 3 is 2.86 bits per heavy atom. The molecule has 0 radical (unpaired) electrons. The first-order valence-corrected chi connectivity index (χ1v) is 4.63. The van der Waals surface area contributed by atoms with Gasteiger partial charge in [0.15, 0.2) is 0 Å². The molecule has 0 heterocycles. The van der Waals surface area contributed by atoms with Crippen molar-refractivity contribution in [2.45, 2.75) is 32.7 Å². The lowest BCUT2D eigenvalue weighted by atomic mass is 10.2. The van der Waals surface area contributed by atoms with E-state index >= 15 is 0 Å². The van der Waals surface area contributed by atoms with Gasteiger partial charge in [0.1, 0.15) is 0 Å². The Morgan fingerprint density at radius 2 is 2.36 bits per heavy atom. The van der Waals surface area contributed by atoms with Gasteiger partial charge in [-0.1, -0.05) is 24.5 Å². The highest BCUT2D eigenvalue weighted by atomic mass is 16.5. The highest BCUT2D eigenvalue weighted by molar-refractivity contribution is 5.81. The Bertz CT molecular complexity index is 244. The van der Waals surface area contributed by atoms with Crippen LogP contribution < -0.4 is 0 Å². The molecule has 0 aliphatic rings. The van der Waals surface area contributed by atoms with Crippen molar-refractivity contribution in [3.63, 3.8) is 0 Å². The van der Waals surface area contributed by atoms with Gasteiger partial charge >= 0.3 is 5.97 Å². The van der Waals surface area contributed by atoms with E-state index in [9.17, 15) is 4.79 Å². The monoisotopic (exact) mass is 197 g/mol. The van der Waals surface area contributed by atoms with Crippen molar-refractivity contribution in [2.75, 3.05) is 6.61 Å². The third-order valence-corrected chi connectivity index (χ3v) is 1.53. The van der Waals surface area contributed by atoms with Crippen molar-refractivity contribution in [1.29, 1.82) is 0 Å². The summed E-state index contributed by atoms with van der Waals surface area (Å²) in [6.07, 6.45) is 4.51. The molecule has 1 atom stereocenters. The van der Waals surface area contributed by atoms with Gasteiger partial charge in [0.25, 0.3) is 0 Å². The lowest BCUT2D eigenvalue weighted by Crippen LogP contribution is -2.03. The molecule has 0 unspecified atom stereocenters. The first-order chi connectivity index (χ1) is 6.74. The van der Waals surface area contributed by atoms with E-state index in [4.69, 9.17) is 5.53 Å². The van der Waals surface area contributed by atoms with E-state index in [0.29, 0.717) is 6.61 Å². The lowest BCUT2D eigenvalue weighted by molar-refractivity contribution is -0.137. The van der Waals surface area contributed by atoms with Crippen LogP contribution in [0.5, 0.6) is 0 Å². The van der Waals surface area contributed by atoms with Gasteiger partial charge in [0, 0.05) is 11.0 Å². The van der Waals surface area contributed by atoms with Crippen LogP contribution in [-0.4, -0.2) is 18.6 Å². The minimum absolute atomic E-state index is 0.255.